The number of benzene rings is 20. The lowest BCUT2D eigenvalue weighted by Crippen LogP contribution is -2.55. The number of hydrogen-bond acceptors (Lipinski definition) is 3. The van der Waals surface area contributed by atoms with Crippen LogP contribution in [-0.4, -0.2) is 0 Å². The van der Waals surface area contributed by atoms with E-state index in [1.54, 1.807) is 33.4 Å². The molecule has 0 radical (unpaired) electrons. The van der Waals surface area contributed by atoms with Crippen molar-refractivity contribution in [3.05, 3.63) is 513 Å². The SMILES string of the molecule is c1ccc(-c2ccc(N(c3ccc(-c4ccccc4)cc3-c3ccccc3)c3cccc4c3C3(c5ccccc5-4)C4CC5CC(C4)CC3C5)cc2)cc1.c1ccc(-c2ccc(N(c3ccc4c(ccc5ccccc54)c3)c3cccc4c3C3(c5ccccc5-4)C4CC5CC(C4)CC3C5)cc2)cc1.c1ccc(-c2ccc(N(c3cccc(-c4ccccc4)c3)c3cccc4c3C3(c5ccccc5-4)C4CC5CC(C4)CC3C5)cc2)cc1. The summed E-state index contributed by atoms with van der Waals surface area (Å²) in [6, 6.07) is 180. The van der Waals surface area contributed by atoms with Crippen molar-refractivity contribution in [2.24, 2.45) is 71.0 Å². The monoisotopic (exact) mass is 1920 g/mol. The summed E-state index contributed by atoms with van der Waals surface area (Å²) in [5, 5.41) is 5.19. The van der Waals surface area contributed by atoms with Crippen molar-refractivity contribution in [3.8, 4) is 100 Å². The second kappa shape index (κ2) is 35.8. The van der Waals surface area contributed by atoms with Gasteiger partial charge in [0.25, 0.3) is 0 Å². The van der Waals surface area contributed by atoms with Crippen molar-refractivity contribution in [2.75, 3.05) is 14.7 Å². The molecule has 12 saturated carbocycles. The van der Waals surface area contributed by atoms with Crippen LogP contribution in [0.3, 0.4) is 0 Å². The fourth-order valence-corrected chi connectivity index (χ4v) is 33.7. The molecule has 20 aromatic carbocycles. The second-order valence-electron chi connectivity index (χ2n) is 46.1. The van der Waals surface area contributed by atoms with Gasteiger partial charge in [0.2, 0.25) is 0 Å². The van der Waals surface area contributed by atoms with E-state index in [1.807, 2.05) is 0 Å². The molecule has 0 N–H and O–H groups in total. The van der Waals surface area contributed by atoms with Gasteiger partial charge in [0, 0.05) is 50.2 Å². The van der Waals surface area contributed by atoms with Gasteiger partial charge in [-0.3, -0.25) is 0 Å². The molecule has 0 unspecified atom stereocenters. The first kappa shape index (κ1) is 88.6. The molecule has 12 fully saturated rings. The van der Waals surface area contributed by atoms with Crippen LogP contribution in [0, 0.1) is 71.0 Å². The van der Waals surface area contributed by atoms with Gasteiger partial charge in [0.05, 0.1) is 22.7 Å². The Hall–Kier alpha value is -15.7. The van der Waals surface area contributed by atoms with Crippen molar-refractivity contribution < 1.29 is 0 Å². The van der Waals surface area contributed by atoms with Crippen molar-refractivity contribution in [1.82, 2.24) is 0 Å². The third-order valence-electron chi connectivity index (χ3n) is 38.7. The topological polar surface area (TPSA) is 9.72 Å². The summed E-state index contributed by atoms with van der Waals surface area (Å²) in [5.41, 5.74) is 44.7. The Morgan fingerprint density at radius 1 is 0.148 bits per heavy atom. The molecule has 0 amide bonds. The van der Waals surface area contributed by atoms with Crippen molar-refractivity contribution >= 4 is 72.7 Å². The Bertz CT molecular complexity index is 8440. The Labute approximate surface area is 877 Å². The number of anilines is 9. The number of rotatable bonds is 15. The van der Waals surface area contributed by atoms with Gasteiger partial charge < -0.3 is 14.7 Å². The lowest BCUT2D eigenvalue weighted by Gasteiger charge is -2.61. The molecule has 0 saturated heterocycles. The van der Waals surface area contributed by atoms with Gasteiger partial charge >= 0.3 is 0 Å². The molecule has 20 aromatic rings. The summed E-state index contributed by atoms with van der Waals surface area (Å²) in [7, 11) is 0. The van der Waals surface area contributed by atoms with Crippen LogP contribution in [0.25, 0.3) is 122 Å². The zero-order valence-corrected chi connectivity index (χ0v) is 84.5. The fraction of sp³-hybridized carbons (Fsp3) is 0.205. The fourth-order valence-electron chi connectivity index (χ4n) is 33.7. The number of hydrogen-bond donors (Lipinski definition) is 0. The average molecular weight is 1920 g/mol. The lowest BCUT2D eigenvalue weighted by atomic mass is 9.43. The summed E-state index contributed by atoms with van der Waals surface area (Å²) in [6.45, 7) is 0. The minimum Gasteiger partial charge on any atom is -0.310 e. The third-order valence-corrected chi connectivity index (χ3v) is 38.7. The molecule has 0 heterocycles. The van der Waals surface area contributed by atoms with Gasteiger partial charge in [-0.1, -0.05) is 388 Å². The molecule has 720 valence electrons. The van der Waals surface area contributed by atoms with Gasteiger partial charge in [-0.2, -0.15) is 0 Å². The highest BCUT2D eigenvalue weighted by Crippen LogP contribution is 2.76. The number of fused-ring (bicyclic) bond motifs is 12. The molecule has 15 aliphatic carbocycles. The maximum absolute atomic E-state index is 2.63. The Morgan fingerprint density at radius 3 is 0.805 bits per heavy atom. The van der Waals surface area contributed by atoms with Gasteiger partial charge in [-0.25, -0.2) is 0 Å². The van der Waals surface area contributed by atoms with E-state index in [9.17, 15) is 0 Å². The highest BCUT2D eigenvalue weighted by Gasteiger charge is 2.66. The van der Waals surface area contributed by atoms with E-state index in [-0.39, 0.29) is 16.2 Å². The zero-order chi connectivity index (χ0) is 98.0. The summed E-state index contributed by atoms with van der Waals surface area (Å²) in [4.78, 5) is 7.81. The quantitative estimate of drug-likeness (QED) is 0.0947. The van der Waals surface area contributed by atoms with Crippen LogP contribution in [-0.2, 0) is 16.2 Å². The Morgan fingerprint density at radius 2 is 0.416 bits per heavy atom. The van der Waals surface area contributed by atoms with Gasteiger partial charge in [-0.15, -0.1) is 0 Å². The molecule has 0 aliphatic heterocycles. The molecule has 35 rings (SSSR count). The maximum Gasteiger partial charge on any atom is 0.0540 e. The first-order chi connectivity index (χ1) is 73.8. The van der Waals surface area contributed by atoms with E-state index < -0.39 is 0 Å². The standard InChI is InChI=1S/C52H43N.C48H39N.C46H39N/c1-4-13-37(14-5-1)39-23-26-44(27-24-39)53(49-28-25-41(38-15-6-2-7-16-38)34-47(49)40-17-8-3-9-18-40)50-22-12-20-46-45-19-10-11-21-48(45)52(51(46)50)42-30-35-29-36(32-42)33-43(52)31-35;1-2-9-33(10-3-1)34-19-21-39(22-20-34)49(40-23-24-42-36(30-40)18-17-35-11-4-5-12-41(35)42)46-16-8-14-44-43-13-6-7-15-45(43)48(47(44)46)37-26-31-25-32(28-37)29-38(48)27-31;1-3-11-33(12-4-1)35-21-23-39(24-22-35)47(40-16-9-15-36(30-40)34-13-5-2-6-14-34)44-20-10-18-42-41-17-7-8-19-43(41)46(45(42)44)37-26-31-25-32(28-37)29-38(46)27-31/h1-28,34-36,42-43H,29-33H2;1-24,30-32,37-38H,25-29H2;1-24,30-32,37-38H,25-29H2. The lowest BCUT2D eigenvalue weighted by molar-refractivity contribution is -0.0397. The van der Waals surface area contributed by atoms with Gasteiger partial charge in [0.1, 0.15) is 0 Å². The molecule has 12 bridgehead atoms. The van der Waals surface area contributed by atoms with Crippen LogP contribution in [0.1, 0.15) is 130 Å². The van der Waals surface area contributed by atoms with Gasteiger partial charge in [0.15, 0.2) is 0 Å². The highest BCUT2D eigenvalue weighted by atomic mass is 15.2. The highest BCUT2D eigenvalue weighted by molar-refractivity contribution is 6.09. The van der Waals surface area contributed by atoms with Crippen LogP contribution in [0.2, 0.25) is 0 Å². The molecule has 3 spiro atoms. The van der Waals surface area contributed by atoms with Crippen LogP contribution >= 0.6 is 0 Å². The molecule has 0 aromatic heterocycles. The van der Waals surface area contributed by atoms with E-state index in [4.69, 9.17) is 0 Å². The summed E-state index contributed by atoms with van der Waals surface area (Å²) in [5.74, 6) is 9.62. The maximum atomic E-state index is 2.63. The van der Waals surface area contributed by atoms with Crippen LogP contribution in [0.5, 0.6) is 0 Å². The predicted molar refractivity (Wildman–Crippen MR) is 621 cm³/mol. The summed E-state index contributed by atoms with van der Waals surface area (Å²) < 4.78 is 0. The van der Waals surface area contributed by atoms with Crippen molar-refractivity contribution in [1.29, 1.82) is 0 Å². The van der Waals surface area contributed by atoms with Crippen LogP contribution in [0.15, 0.2) is 479 Å². The Balaban J connectivity index is 0.000000103. The van der Waals surface area contributed by atoms with Gasteiger partial charge in [-0.05, 0) is 408 Å². The van der Waals surface area contributed by atoms with E-state index in [2.05, 4.69) is 494 Å². The third kappa shape index (κ3) is 14.2. The summed E-state index contributed by atoms with van der Waals surface area (Å²) in [6.07, 6.45) is 20.9. The van der Waals surface area contributed by atoms with Crippen LogP contribution < -0.4 is 14.7 Å². The molecule has 149 heavy (non-hydrogen) atoms. The molecule has 3 heteroatoms. The largest absolute Gasteiger partial charge is 0.310 e. The van der Waals surface area contributed by atoms with E-state index in [1.165, 1.54) is 269 Å². The normalized spacial score (nSPS) is 24.1. The molecule has 3 nitrogen and oxygen atoms in total. The molecular formula is C146H121N3. The van der Waals surface area contributed by atoms with Crippen molar-refractivity contribution in [2.45, 2.75) is 113 Å². The first-order valence-electron chi connectivity index (χ1n) is 55.7. The van der Waals surface area contributed by atoms with E-state index >= 15 is 0 Å². The van der Waals surface area contributed by atoms with Crippen molar-refractivity contribution in [3.63, 3.8) is 0 Å². The Kier molecular flexibility index (Phi) is 21.3. The molecule has 0 atom stereocenters. The second-order valence-corrected chi connectivity index (χ2v) is 46.1. The van der Waals surface area contributed by atoms with Crippen LogP contribution in [0.4, 0.5) is 51.2 Å². The average Bonchev–Trinajstić information content (AvgIpc) is 1.52. The molecular weight excluding hydrogens is 1800 g/mol. The number of nitrogens with zero attached hydrogens (tertiary/aromatic N) is 3. The zero-order valence-electron chi connectivity index (χ0n) is 84.5. The minimum absolute atomic E-state index is 0.0368. The molecule has 15 aliphatic rings. The first-order valence-corrected chi connectivity index (χ1v) is 55.7. The smallest absolute Gasteiger partial charge is 0.0540 e. The van der Waals surface area contributed by atoms with E-state index in [0.717, 1.165) is 35.5 Å². The summed E-state index contributed by atoms with van der Waals surface area (Å²) >= 11 is 0. The minimum atomic E-state index is 0.0368. The van der Waals surface area contributed by atoms with E-state index in [0.29, 0.717) is 35.5 Å². The predicted octanol–water partition coefficient (Wildman–Crippen LogP) is 38.9.